The van der Waals surface area contributed by atoms with Gasteiger partial charge in [0.05, 0.1) is 12.6 Å². The van der Waals surface area contributed by atoms with Crippen LogP contribution in [-0.4, -0.2) is 69.1 Å². The summed E-state index contributed by atoms with van der Waals surface area (Å²) < 4.78 is 26.5. The molecule has 0 saturated carbocycles. The SMILES string of the molecule is O=C([C@H]1CSCN1)N1CCN(Cc2nccn2C(F)F)CC1. The van der Waals surface area contributed by atoms with Gasteiger partial charge in [-0.25, -0.2) is 4.98 Å². The van der Waals surface area contributed by atoms with E-state index in [0.717, 1.165) is 16.2 Å². The van der Waals surface area contributed by atoms with Gasteiger partial charge < -0.3 is 4.90 Å². The zero-order valence-corrected chi connectivity index (χ0v) is 12.9. The van der Waals surface area contributed by atoms with Crippen molar-refractivity contribution in [1.82, 2.24) is 24.7 Å². The third-order valence-electron chi connectivity index (χ3n) is 4.02. The Balaban J connectivity index is 1.51. The van der Waals surface area contributed by atoms with E-state index >= 15 is 0 Å². The van der Waals surface area contributed by atoms with Gasteiger partial charge in [-0.05, 0) is 0 Å². The van der Waals surface area contributed by atoms with Gasteiger partial charge in [0.15, 0.2) is 0 Å². The van der Waals surface area contributed by atoms with E-state index in [0.29, 0.717) is 38.5 Å². The Bertz CT molecular complexity index is 512. The Morgan fingerprint density at radius 3 is 2.82 bits per heavy atom. The number of nitrogens with zero attached hydrogens (tertiary/aromatic N) is 4. The van der Waals surface area contributed by atoms with Crippen molar-refractivity contribution in [3.63, 3.8) is 0 Å². The first-order valence-corrected chi connectivity index (χ1v) is 8.43. The lowest BCUT2D eigenvalue weighted by Crippen LogP contribution is -2.53. The standard InChI is InChI=1S/C13H19F2N5OS/c14-13(15)20-2-1-16-11(20)7-18-3-5-19(6-4-18)12(21)10-8-22-9-17-10/h1-2,10,13,17H,3-9H2/t10-/m1/s1. The number of piperazine rings is 1. The van der Waals surface area contributed by atoms with Crippen molar-refractivity contribution >= 4 is 17.7 Å². The van der Waals surface area contributed by atoms with Crippen molar-refractivity contribution in [3.8, 4) is 0 Å². The summed E-state index contributed by atoms with van der Waals surface area (Å²) in [6.07, 6.45) is 2.69. The van der Waals surface area contributed by atoms with E-state index in [4.69, 9.17) is 0 Å². The van der Waals surface area contributed by atoms with Gasteiger partial charge in [-0.2, -0.15) is 8.78 Å². The molecule has 2 aliphatic heterocycles. The minimum Gasteiger partial charge on any atom is -0.339 e. The van der Waals surface area contributed by atoms with Gasteiger partial charge in [0.1, 0.15) is 5.82 Å². The van der Waals surface area contributed by atoms with Crippen LogP contribution in [0.1, 0.15) is 12.4 Å². The Kier molecular flexibility index (Phi) is 4.94. The molecular weight excluding hydrogens is 312 g/mol. The average molecular weight is 331 g/mol. The first kappa shape index (κ1) is 15.7. The van der Waals surface area contributed by atoms with Gasteiger partial charge in [-0.15, -0.1) is 11.8 Å². The molecule has 1 aromatic rings. The number of nitrogens with one attached hydrogen (secondary N) is 1. The van der Waals surface area contributed by atoms with E-state index in [2.05, 4.69) is 15.2 Å². The fraction of sp³-hybridized carbons (Fsp3) is 0.692. The molecule has 6 nitrogen and oxygen atoms in total. The fourth-order valence-corrected chi connectivity index (χ4v) is 3.68. The summed E-state index contributed by atoms with van der Waals surface area (Å²) in [6.45, 7) is 0.459. The Morgan fingerprint density at radius 2 is 2.18 bits per heavy atom. The maximum Gasteiger partial charge on any atom is 0.319 e. The topological polar surface area (TPSA) is 53.4 Å². The third kappa shape index (κ3) is 3.41. The van der Waals surface area contributed by atoms with Gasteiger partial charge in [-0.3, -0.25) is 19.6 Å². The van der Waals surface area contributed by atoms with E-state index in [1.165, 1.54) is 12.4 Å². The number of hydrogen-bond donors (Lipinski definition) is 1. The lowest BCUT2D eigenvalue weighted by atomic mass is 10.2. The predicted octanol–water partition coefficient (Wildman–Crippen LogP) is 0.585. The van der Waals surface area contributed by atoms with E-state index in [-0.39, 0.29) is 11.9 Å². The molecular formula is C13H19F2N5OS. The normalized spacial score (nSPS) is 23.4. The Morgan fingerprint density at radius 1 is 1.41 bits per heavy atom. The van der Waals surface area contributed by atoms with Gasteiger partial charge in [-0.1, -0.05) is 0 Å². The summed E-state index contributed by atoms with van der Waals surface area (Å²) in [6, 6.07) is -0.0747. The Hall–Kier alpha value is -1.19. The molecule has 0 aliphatic carbocycles. The van der Waals surface area contributed by atoms with E-state index < -0.39 is 6.55 Å². The van der Waals surface area contributed by atoms with Crippen molar-refractivity contribution in [2.24, 2.45) is 0 Å². The van der Waals surface area contributed by atoms with Crippen molar-refractivity contribution in [2.75, 3.05) is 37.8 Å². The number of halogens is 2. The van der Waals surface area contributed by atoms with Gasteiger partial charge in [0.2, 0.25) is 5.91 Å². The zero-order valence-electron chi connectivity index (χ0n) is 12.1. The molecule has 122 valence electrons. The Labute approximate surface area is 131 Å². The maximum absolute atomic E-state index is 12.8. The highest BCUT2D eigenvalue weighted by Crippen LogP contribution is 2.16. The van der Waals surface area contributed by atoms with Crippen LogP contribution in [-0.2, 0) is 11.3 Å². The maximum atomic E-state index is 12.8. The quantitative estimate of drug-likeness (QED) is 0.875. The summed E-state index contributed by atoms with van der Waals surface area (Å²) >= 11 is 1.73. The molecule has 0 unspecified atom stereocenters. The van der Waals surface area contributed by atoms with Crippen molar-refractivity contribution in [1.29, 1.82) is 0 Å². The zero-order chi connectivity index (χ0) is 15.5. The number of amides is 1. The second-order valence-corrected chi connectivity index (χ2v) is 6.43. The van der Waals surface area contributed by atoms with Crippen LogP contribution in [0, 0.1) is 0 Å². The largest absolute Gasteiger partial charge is 0.339 e. The summed E-state index contributed by atoms with van der Waals surface area (Å²) in [5.41, 5.74) is 0. The fourth-order valence-electron chi connectivity index (χ4n) is 2.74. The highest BCUT2D eigenvalue weighted by molar-refractivity contribution is 7.99. The number of carbonyl (C=O) groups excluding carboxylic acids is 1. The molecule has 0 spiro atoms. The van der Waals surface area contributed by atoms with Crippen LogP contribution in [0.4, 0.5) is 8.78 Å². The molecule has 2 fully saturated rings. The second-order valence-electron chi connectivity index (χ2n) is 5.40. The molecule has 22 heavy (non-hydrogen) atoms. The molecule has 0 bridgehead atoms. The monoisotopic (exact) mass is 331 g/mol. The number of imidazole rings is 1. The minimum absolute atomic E-state index is 0.0747. The summed E-state index contributed by atoms with van der Waals surface area (Å²) in [5, 5.41) is 3.18. The van der Waals surface area contributed by atoms with Gasteiger partial charge in [0, 0.05) is 50.2 Å². The number of carbonyl (C=O) groups is 1. The minimum atomic E-state index is -2.56. The molecule has 2 aliphatic rings. The summed E-state index contributed by atoms with van der Waals surface area (Å²) in [4.78, 5) is 20.2. The van der Waals surface area contributed by atoms with Crippen molar-refractivity contribution < 1.29 is 13.6 Å². The first-order valence-electron chi connectivity index (χ1n) is 7.27. The molecule has 0 radical (unpaired) electrons. The van der Waals surface area contributed by atoms with Crippen LogP contribution < -0.4 is 5.32 Å². The van der Waals surface area contributed by atoms with Crippen LogP contribution in [0.3, 0.4) is 0 Å². The van der Waals surface area contributed by atoms with Crippen LogP contribution >= 0.6 is 11.8 Å². The number of rotatable bonds is 4. The molecule has 9 heteroatoms. The van der Waals surface area contributed by atoms with Crippen LogP contribution in [0.25, 0.3) is 0 Å². The number of aromatic nitrogens is 2. The third-order valence-corrected chi connectivity index (χ3v) is 4.96. The van der Waals surface area contributed by atoms with Crippen molar-refractivity contribution in [3.05, 3.63) is 18.2 Å². The summed E-state index contributed by atoms with van der Waals surface area (Å²) in [7, 11) is 0. The molecule has 2 saturated heterocycles. The van der Waals surface area contributed by atoms with Crippen LogP contribution in [0.2, 0.25) is 0 Å². The molecule has 3 heterocycles. The van der Waals surface area contributed by atoms with Crippen LogP contribution in [0.15, 0.2) is 12.4 Å². The van der Waals surface area contributed by atoms with Crippen molar-refractivity contribution in [2.45, 2.75) is 19.1 Å². The number of alkyl halides is 2. The highest BCUT2D eigenvalue weighted by Gasteiger charge is 2.29. The molecule has 1 amide bonds. The first-order chi connectivity index (χ1) is 10.6. The molecule has 0 aromatic carbocycles. The lowest BCUT2D eigenvalue weighted by Gasteiger charge is -2.35. The second kappa shape index (κ2) is 6.93. The smallest absolute Gasteiger partial charge is 0.319 e. The molecule has 1 aromatic heterocycles. The lowest BCUT2D eigenvalue weighted by molar-refractivity contribution is -0.134. The van der Waals surface area contributed by atoms with Crippen LogP contribution in [0.5, 0.6) is 0 Å². The molecule has 1 atom stereocenters. The van der Waals surface area contributed by atoms with Gasteiger partial charge in [0.25, 0.3) is 0 Å². The predicted molar refractivity (Wildman–Crippen MR) is 79.6 cm³/mol. The average Bonchev–Trinajstić information content (AvgIpc) is 3.18. The highest BCUT2D eigenvalue weighted by atomic mass is 32.2. The molecule has 1 N–H and O–H groups in total. The van der Waals surface area contributed by atoms with E-state index in [1.807, 2.05) is 4.90 Å². The summed E-state index contributed by atoms with van der Waals surface area (Å²) in [5.74, 6) is 2.17. The van der Waals surface area contributed by atoms with E-state index in [1.54, 1.807) is 11.8 Å². The number of hydrogen-bond acceptors (Lipinski definition) is 5. The van der Waals surface area contributed by atoms with E-state index in [9.17, 15) is 13.6 Å². The molecule has 3 rings (SSSR count). The number of thioether (sulfide) groups is 1. The van der Waals surface area contributed by atoms with Gasteiger partial charge >= 0.3 is 6.55 Å².